The highest BCUT2D eigenvalue weighted by Crippen LogP contribution is 2.23. The molecule has 2 rings (SSSR count). The minimum Gasteiger partial charge on any atom is -0.368 e. The molecule has 106 valence electrons. The zero-order valence-electron chi connectivity index (χ0n) is 12.8. The topological polar surface area (TPSA) is 49.8 Å². The quantitative estimate of drug-likeness (QED) is 0.882. The van der Waals surface area contributed by atoms with Gasteiger partial charge in [0.1, 0.15) is 5.82 Å². The van der Waals surface area contributed by atoms with Gasteiger partial charge in [0.15, 0.2) is 0 Å². The van der Waals surface area contributed by atoms with Crippen LogP contribution in [-0.2, 0) is 0 Å². The number of aryl methyl sites for hydroxylation is 3. The number of anilines is 3. The number of nitrogens with zero attached hydrogens (tertiary/aromatic N) is 2. The Morgan fingerprint density at radius 3 is 2.25 bits per heavy atom. The lowest BCUT2D eigenvalue weighted by Crippen LogP contribution is -2.12. The summed E-state index contributed by atoms with van der Waals surface area (Å²) < 4.78 is 0. The highest BCUT2D eigenvalue weighted by atomic mass is 15.1. The lowest BCUT2D eigenvalue weighted by atomic mass is 10.1. The molecule has 1 aromatic heterocycles. The van der Waals surface area contributed by atoms with E-state index in [2.05, 4.69) is 66.5 Å². The van der Waals surface area contributed by atoms with Crippen molar-refractivity contribution in [3.63, 3.8) is 0 Å². The average molecular weight is 270 g/mol. The zero-order chi connectivity index (χ0) is 14.7. The molecule has 0 spiro atoms. The summed E-state index contributed by atoms with van der Waals surface area (Å²) in [6.07, 6.45) is 0. The van der Waals surface area contributed by atoms with Crippen molar-refractivity contribution < 1.29 is 0 Å². The van der Waals surface area contributed by atoms with E-state index < -0.39 is 0 Å². The summed E-state index contributed by atoms with van der Waals surface area (Å²) in [6, 6.07) is 8.52. The van der Waals surface area contributed by atoms with Crippen LogP contribution in [0.2, 0.25) is 0 Å². The van der Waals surface area contributed by atoms with Crippen molar-refractivity contribution in [3.05, 3.63) is 41.1 Å². The molecule has 0 saturated carbocycles. The summed E-state index contributed by atoms with van der Waals surface area (Å²) in [7, 11) is 0. The van der Waals surface area contributed by atoms with E-state index in [0.29, 0.717) is 12.0 Å². The van der Waals surface area contributed by atoms with Crippen molar-refractivity contribution in [2.45, 2.75) is 40.7 Å². The molecule has 0 aliphatic heterocycles. The molecule has 4 heteroatoms. The van der Waals surface area contributed by atoms with Gasteiger partial charge >= 0.3 is 0 Å². The van der Waals surface area contributed by atoms with Crippen LogP contribution < -0.4 is 10.6 Å². The van der Waals surface area contributed by atoms with Crippen molar-refractivity contribution in [2.24, 2.45) is 0 Å². The molecule has 0 aliphatic rings. The molecule has 20 heavy (non-hydrogen) atoms. The molecule has 0 saturated heterocycles. The second kappa shape index (κ2) is 5.90. The fourth-order valence-corrected chi connectivity index (χ4v) is 2.12. The molecule has 0 atom stereocenters. The Morgan fingerprint density at radius 1 is 1.00 bits per heavy atom. The van der Waals surface area contributed by atoms with E-state index in [-0.39, 0.29) is 0 Å². The summed E-state index contributed by atoms with van der Waals surface area (Å²) in [5, 5.41) is 6.64. The van der Waals surface area contributed by atoms with Crippen LogP contribution in [0.3, 0.4) is 0 Å². The van der Waals surface area contributed by atoms with E-state index >= 15 is 0 Å². The molecule has 0 amide bonds. The van der Waals surface area contributed by atoms with Gasteiger partial charge in [0.2, 0.25) is 5.95 Å². The summed E-state index contributed by atoms with van der Waals surface area (Å²) in [4.78, 5) is 8.97. The van der Waals surface area contributed by atoms with Crippen LogP contribution in [0.4, 0.5) is 17.5 Å². The van der Waals surface area contributed by atoms with Crippen molar-refractivity contribution >= 4 is 17.5 Å². The highest BCUT2D eigenvalue weighted by Gasteiger charge is 2.07. The second-order valence-corrected chi connectivity index (χ2v) is 5.41. The van der Waals surface area contributed by atoms with Crippen LogP contribution >= 0.6 is 0 Å². The predicted octanol–water partition coefficient (Wildman–Crippen LogP) is 3.97. The summed E-state index contributed by atoms with van der Waals surface area (Å²) in [5.74, 6) is 1.48. The highest BCUT2D eigenvalue weighted by molar-refractivity contribution is 5.63. The first-order chi connectivity index (χ1) is 9.45. The Hall–Kier alpha value is -2.10. The van der Waals surface area contributed by atoms with Crippen LogP contribution in [0.1, 0.15) is 30.7 Å². The van der Waals surface area contributed by atoms with Crippen LogP contribution in [-0.4, -0.2) is 16.0 Å². The van der Waals surface area contributed by atoms with Crippen molar-refractivity contribution in [2.75, 3.05) is 10.6 Å². The molecule has 1 heterocycles. The maximum atomic E-state index is 4.52. The van der Waals surface area contributed by atoms with Crippen molar-refractivity contribution in [1.29, 1.82) is 0 Å². The first kappa shape index (κ1) is 14.3. The van der Waals surface area contributed by atoms with Gasteiger partial charge in [0, 0.05) is 23.5 Å². The Bertz CT molecular complexity index is 585. The molecule has 0 radical (unpaired) electrons. The summed E-state index contributed by atoms with van der Waals surface area (Å²) >= 11 is 0. The number of nitrogens with one attached hydrogen (secondary N) is 2. The van der Waals surface area contributed by atoms with Crippen LogP contribution in [0, 0.1) is 20.8 Å². The van der Waals surface area contributed by atoms with Gasteiger partial charge in [0.25, 0.3) is 0 Å². The number of hydrogen-bond donors (Lipinski definition) is 2. The first-order valence-electron chi connectivity index (χ1n) is 6.91. The third kappa shape index (κ3) is 3.47. The Kier molecular flexibility index (Phi) is 4.23. The number of hydrogen-bond acceptors (Lipinski definition) is 4. The fourth-order valence-electron chi connectivity index (χ4n) is 2.12. The molecular weight excluding hydrogens is 248 g/mol. The number of aromatic nitrogens is 2. The standard InChI is InChI=1S/C16H22N4/c1-10(2)17-14-9-13(5)18-16(19-14)20-15-11(3)7-6-8-12(15)4/h6-10H,1-5H3,(H2,17,18,19,20). The number of rotatable bonds is 4. The van der Waals surface area contributed by atoms with E-state index in [1.165, 1.54) is 11.1 Å². The SMILES string of the molecule is Cc1cc(NC(C)C)nc(Nc2c(C)cccc2C)n1. The average Bonchev–Trinajstić information content (AvgIpc) is 2.32. The zero-order valence-corrected chi connectivity index (χ0v) is 12.8. The first-order valence-corrected chi connectivity index (χ1v) is 6.91. The summed E-state index contributed by atoms with van der Waals surface area (Å²) in [5.41, 5.74) is 4.40. The van der Waals surface area contributed by atoms with E-state index in [4.69, 9.17) is 0 Å². The van der Waals surface area contributed by atoms with Gasteiger partial charge < -0.3 is 10.6 Å². The van der Waals surface area contributed by atoms with Crippen LogP contribution in [0.5, 0.6) is 0 Å². The lowest BCUT2D eigenvalue weighted by molar-refractivity contribution is 0.885. The lowest BCUT2D eigenvalue weighted by Gasteiger charge is -2.14. The molecule has 2 N–H and O–H groups in total. The number of benzene rings is 1. The van der Waals surface area contributed by atoms with Gasteiger partial charge in [-0.3, -0.25) is 0 Å². The monoisotopic (exact) mass is 270 g/mol. The minimum atomic E-state index is 0.345. The molecule has 0 aliphatic carbocycles. The van der Waals surface area contributed by atoms with Gasteiger partial charge in [0.05, 0.1) is 0 Å². The van der Waals surface area contributed by atoms with Crippen molar-refractivity contribution in [3.8, 4) is 0 Å². The predicted molar refractivity (Wildman–Crippen MR) is 84.7 cm³/mol. The van der Waals surface area contributed by atoms with E-state index in [9.17, 15) is 0 Å². The van der Waals surface area contributed by atoms with Gasteiger partial charge in [-0.15, -0.1) is 0 Å². The summed E-state index contributed by atoms with van der Waals surface area (Å²) in [6.45, 7) is 10.3. The second-order valence-electron chi connectivity index (χ2n) is 5.41. The third-order valence-electron chi connectivity index (χ3n) is 3.01. The maximum absolute atomic E-state index is 4.52. The Balaban J connectivity index is 2.31. The van der Waals surface area contributed by atoms with Crippen LogP contribution in [0.25, 0.3) is 0 Å². The normalized spacial score (nSPS) is 10.7. The fraction of sp³-hybridized carbons (Fsp3) is 0.375. The molecule has 2 aromatic rings. The van der Waals surface area contributed by atoms with Gasteiger partial charge in [-0.2, -0.15) is 4.98 Å². The molecule has 0 unspecified atom stereocenters. The van der Waals surface area contributed by atoms with E-state index in [1.807, 2.05) is 13.0 Å². The Morgan fingerprint density at radius 2 is 1.65 bits per heavy atom. The smallest absolute Gasteiger partial charge is 0.229 e. The molecule has 0 bridgehead atoms. The number of para-hydroxylation sites is 1. The van der Waals surface area contributed by atoms with E-state index in [1.54, 1.807) is 0 Å². The molecule has 1 aromatic carbocycles. The maximum Gasteiger partial charge on any atom is 0.229 e. The van der Waals surface area contributed by atoms with E-state index in [0.717, 1.165) is 17.2 Å². The van der Waals surface area contributed by atoms with Crippen LogP contribution in [0.15, 0.2) is 24.3 Å². The largest absolute Gasteiger partial charge is 0.368 e. The minimum absolute atomic E-state index is 0.345. The van der Waals surface area contributed by atoms with Gasteiger partial charge in [-0.05, 0) is 45.7 Å². The molecule has 4 nitrogen and oxygen atoms in total. The molecular formula is C16H22N4. The van der Waals surface area contributed by atoms with Crippen molar-refractivity contribution in [1.82, 2.24) is 9.97 Å². The van der Waals surface area contributed by atoms with Gasteiger partial charge in [-0.25, -0.2) is 4.98 Å². The molecule has 0 fully saturated rings. The third-order valence-corrected chi connectivity index (χ3v) is 3.01. The van der Waals surface area contributed by atoms with Gasteiger partial charge in [-0.1, -0.05) is 18.2 Å². The Labute approximate surface area is 120 Å².